The number of pyridine rings is 1. The first-order chi connectivity index (χ1) is 13.5. The van der Waals surface area contributed by atoms with E-state index >= 15 is 0 Å². The second kappa shape index (κ2) is 7.99. The average Bonchev–Trinajstić information content (AvgIpc) is 2.70. The third-order valence-corrected chi connectivity index (χ3v) is 6.96. The summed E-state index contributed by atoms with van der Waals surface area (Å²) in [6.45, 7) is 4.63. The van der Waals surface area contributed by atoms with E-state index in [1.807, 2.05) is 25.1 Å². The van der Waals surface area contributed by atoms with E-state index in [4.69, 9.17) is 0 Å². The number of sulfonamides is 1. The van der Waals surface area contributed by atoms with E-state index in [2.05, 4.69) is 38.9 Å². The van der Waals surface area contributed by atoms with Crippen LogP contribution >= 0.6 is 0 Å². The zero-order valence-electron chi connectivity index (χ0n) is 16.0. The number of piperidine rings is 1. The molecule has 2 heterocycles. The lowest BCUT2D eigenvalue weighted by Gasteiger charge is -2.32. The van der Waals surface area contributed by atoms with Crippen LogP contribution in [-0.2, 0) is 16.6 Å². The molecule has 1 aliphatic rings. The van der Waals surface area contributed by atoms with Crippen LogP contribution in [0.2, 0.25) is 0 Å². The third-order valence-electron chi connectivity index (χ3n) is 5.38. The molecule has 0 spiro atoms. The Balaban J connectivity index is 1.44. The second-order valence-electron chi connectivity index (χ2n) is 7.44. The first-order valence-corrected chi connectivity index (χ1v) is 11.1. The summed E-state index contributed by atoms with van der Waals surface area (Å²) >= 11 is 0. The maximum atomic E-state index is 13.0. The van der Waals surface area contributed by atoms with Gasteiger partial charge in [0.05, 0.1) is 10.4 Å². The van der Waals surface area contributed by atoms with Crippen LogP contribution in [0.1, 0.15) is 24.0 Å². The SMILES string of the molecule is Cc1ccc(S(=O)(=O)NC2CCN(Cc3ccccc3)CC2)c2cccnc12. The molecule has 146 valence electrons. The number of nitrogens with zero attached hydrogens (tertiary/aromatic N) is 2. The highest BCUT2D eigenvalue weighted by Crippen LogP contribution is 2.25. The summed E-state index contributed by atoms with van der Waals surface area (Å²) in [5.41, 5.74) is 3.01. The lowest BCUT2D eigenvalue weighted by molar-refractivity contribution is 0.200. The molecule has 0 aliphatic carbocycles. The van der Waals surface area contributed by atoms with E-state index in [-0.39, 0.29) is 6.04 Å². The molecule has 0 radical (unpaired) electrons. The maximum Gasteiger partial charge on any atom is 0.241 e. The molecule has 1 aromatic heterocycles. The number of rotatable bonds is 5. The fourth-order valence-electron chi connectivity index (χ4n) is 3.86. The molecule has 0 bridgehead atoms. The van der Waals surface area contributed by atoms with E-state index in [0.29, 0.717) is 10.3 Å². The normalized spacial score (nSPS) is 16.5. The van der Waals surface area contributed by atoms with Gasteiger partial charge in [-0.05, 0) is 49.1 Å². The standard InChI is InChI=1S/C22H25N3O2S/c1-17-9-10-21(20-8-5-13-23-22(17)20)28(26,27)24-19-11-14-25(15-12-19)16-18-6-3-2-4-7-18/h2-10,13,19,24H,11-12,14-16H2,1H3. The van der Waals surface area contributed by atoms with Crippen LogP contribution in [0.5, 0.6) is 0 Å². The Labute approximate surface area is 166 Å². The van der Waals surface area contributed by atoms with Crippen LogP contribution in [0.3, 0.4) is 0 Å². The Hall–Kier alpha value is -2.28. The predicted molar refractivity (Wildman–Crippen MR) is 112 cm³/mol. The molecule has 1 fully saturated rings. The predicted octanol–water partition coefficient (Wildman–Crippen LogP) is 3.49. The summed E-state index contributed by atoms with van der Waals surface area (Å²) in [6, 6.07) is 17.5. The Bertz CT molecular complexity index is 1060. The zero-order valence-corrected chi connectivity index (χ0v) is 16.8. The van der Waals surface area contributed by atoms with Gasteiger partial charge in [-0.1, -0.05) is 36.4 Å². The average molecular weight is 396 g/mol. The van der Waals surface area contributed by atoms with Crippen LogP contribution in [0.25, 0.3) is 10.9 Å². The van der Waals surface area contributed by atoms with Gasteiger partial charge in [0.15, 0.2) is 0 Å². The summed E-state index contributed by atoms with van der Waals surface area (Å²) in [5.74, 6) is 0. The minimum Gasteiger partial charge on any atom is -0.299 e. The largest absolute Gasteiger partial charge is 0.299 e. The molecule has 28 heavy (non-hydrogen) atoms. The quantitative estimate of drug-likeness (QED) is 0.718. The molecule has 0 atom stereocenters. The lowest BCUT2D eigenvalue weighted by atomic mass is 10.1. The maximum absolute atomic E-state index is 13.0. The summed E-state index contributed by atoms with van der Waals surface area (Å²) in [6.07, 6.45) is 3.32. The Morgan fingerprint density at radius 2 is 1.79 bits per heavy atom. The number of hydrogen-bond donors (Lipinski definition) is 1. The van der Waals surface area contributed by atoms with E-state index in [1.54, 1.807) is 18.3 Å². The van der Waals surface area contributed by atoms with E-state index in [1.165, 1.54) is 5.56 Å². The molecule has 3 aromatic rings. The number of aromatic nitrogens is 1. The third kappa shape index (κ3) is 4.09. The highest BCUT2D eigenvalue weighted by atomic mass is 32.2. The molecular weight excluding hydrogens is 370 g/mol. The van der Waals surface area contributed by atoms with Crippen molar-refractivity contribution in [3.05, 3.63) is 71.9 Å². The van der Waals surface area contributed by atoms with Crippen molar-refractivity contribution in [3.8, 4) is 0 Å². The van der Waals surface area contributed by atoms with Crippen LogP contribution in [0.15, 0.2) is 65.7 Å². The number of nitrogens with one attached hydrogen (secondary N) is 1. The first-order valence-electron chi connectivity index (χ1n) is 9.66. The summed E-state index contributed by atoms with van der Waals surface area (Å²) in [4.78, 5) is 7.05. The van der Waals surface area contributed by atoms with E-state index in [9.17, 15) is 8.42 Å². The van der Waals surface area contributed by atoms with Crippen molar-refractivity contribution < 1.29 is 8.42 Å². The summed E-state index contributed by atoms with van der Waals surface area (Å²) < 4.78 is 29.0. The molecule has 0 saturated carbocycles. The van der Waals surface area contributed by atoms with Crippen LogP contribution in [0.4, 0.5) is 0 Å². The van der Waals surface area contributed by atoms with Gasteiger partial charge in [-0.3, -0.25) is 9.88 Å². The van der Waals surface area contributed by atoms with Crippen molar-refractivity contribution in [3.63, 3.8) is 0 Å². The number of benzene rings is 2. The van der Waals surface area contributed by atoms with Gasteiger partial charge < -0.3 is 0 Å². The fourth-order valence-corrected chi connectivity index (χ4v) is 5.36. The van der Waals surface area contributed by atoms with Crippen molar-refractivity contribution in [2.24, 2.45) is 0 Å². The highest BCUT2D eigenvalue weighted by molar-refractivity contribution is 7.89. The van der Waals surface area contributed by atoms with Crippen molar-refractivity contribution in [1.29, 1.82) is 0 Å². The van der Waals surface area contributed by atoms with Gasteiger partial charge in [0.1, 0.15) is 0 Å². The van der Waals surface area contributed by atoms with Gasteiger partial charge in [-0.25, -0.2) is 13.1 Å². The Morgan fingerprint density at radius 1 is 1.04 bits per heavy atom. The van der Waals surface area contributed by atoms with Crippen LogP contribution in [0, 0.1) is 6.92 Å². The monoisotopic (exact) mass is 395 g/mol. The summed E-state index contributed by atoms with van der Waals surface area (Å²) in [7, 11) is -3.59. The number of aryl methyl sites for hydroxylation is 1. The fraction of sp³-hybridized carbons (Fsp3) is 0.318. The van der Waals surface area contributed by atoms with Crippen molar-refractivity contribution >= 4 is 20.9 Å². The van der Waals surface area contributed by atoms with Gasteiger partial charge in [0, 0.05) is 37.3 Å². The van der Waals surface area contributed by atoms with E-state index < -0.39 is 10.0 Å². The molecule has 6 heteroatoms. The second-order valence-corrected chi connectivity index (χ2v) is 9.12. The number of likely N-dealkylation sites (tertiary alicyclic amines) is 1. The Kier molecular flexibility index (Phi) is 5.44. The molecule has 1 aliphatic heterocycles. The first kappa shape index (κ1) is 19.1. The number of fused-ring (bicyclic) bond motifs is 1. The van der Waals surface area contributed by atoms with Gasteiger partial charge in [-0.2, -0.15) is 0 Å². The van der Waals surface area contributed by atoms with Gasteiger partial charge in [0.25, 0.3) is 0 Å². The minimum atomic E-state index is -3.59. The summed E-state index contributed by atoms with van der Waals surface area (Å²) in [5, 5.41) is 0.677. The lowest BCUT2D eigenvalue weighted by Crippen LogP contribution is -2.44. The molecule has 5 nitrogen and oxygen atoms in total. The zero-order chi connectivity index (χ0) is 19.6. The van der Waals surface area contributed by atoms with Crippen LogP contribution in [-0.4, -0.2) is 37.4 Å². The van der Waals surface area contributed by atoms with Gasteiger partial charge >= 0.3 is 0 Å². The number of hydrogen-bond acceptors (Lipinski definition) is 4. The molecule has 0 unspecified atom stereocenters. The molecule has 1 N–H and O–H groups in total. The Morgan fingerprint density at radius 3 is 2.54 bits per heavy atom. The van der Waals surface area contributed by atoms with Gasteiger partial charge in [0.2, 0.25) is 10.0 Å². The minimum absolute atomic E-state index is 0.0370. The van der Waals surface area contributed by atoms with Crippen molar-refractivity contribution in [1.82, 2.24) is 14.6 Å². The highest BCUT2D eigenvalue weighted by Gasteiger charge is 2.26. The van der Waals surface area contributed by atoms with Crippen molar-refractivity contribution in [2.75, 3.05) is 13.1 Å². The molecule has 0 amide bonds. The molecule has 2 aromatic carbocycles. The van der Waals surface area contributed by atoms with Gasteiger partial charge in [-0.15, -0.1) is 0 Å². The topological polar surface area (TPSA) is 62.3 Å². The van der Waals surface area contributed by atoms with Crippen molar-refractivity contribution in [2.45, 2.75) is 37.2 Å². The molecular formula is C22H25N3O2S. The molecule has 4 rings (SSSR count). The molecule has 1 saturated heterocycles. The van der Waals surface area contributed by atoms with Crippen LogP contribution < -0.4 is 4.72 Å². The van der Waals surface area contributed by atoms with E-state index in [0.717, 1.165) is 43.6 Å². The smallest absolute Gasteiger partial charge is 0.241 e.